The lowest BCUT2D eigenvalue weighted by molar-refractivity contribution is -0.0331. The first-order valence-corrected chi connectivity index (χ1v) is 10.2. The molecule has 0 aromatic heterocycles. The van der Waals surface area contributed by atoms with Crippen LogP contribution in [0.4, 0.5) is 0 Å². The molecular weight excluding hydrogens is 284 g/mol. The molecular formula is C21H46O2. The molecule has 0 aliphatic carbocycles. The first-order valence-electron chi connectivity index (χ1n) is 10.2. The highest BCUT2D eigenvalue weighted by Crippen LogP contribution is 2.21. The van der Waals surface area contributed by atoms with Crippen molar-refractivity contribution in [3.05, 3.63) is 0 Å². The van der Waals surface area contributed by atoms with Crippen molar-refractivity contribution in [2.45, 2.75) is 132 Å². The van der Waals surface area contributed by atoms with E-state index in [1.54, 1.807) is 0 Å². The van der Waals surface area contributed by atoms with E-state index >= 15 is 0 Å². The van der Waals surface area contributed by atoms with Gasteiger partial charge in [-0.25, -0.2) is 0 Å². The zero-order valence-corrected chi connectivity index (χ0v) is 17.7. The molecule has 142 valence electrons. The van der Waals surface area contributed by atoms with Crippen LogP contribution in [0, 0.1) is 5.92 Å². The number of rotatable bonds is 12. The Kier molecular flexibility index (Phi) is 18.3. The standard InChI is InChI=1S/C12H26O.C9H20O/c1-6-9-12(13-10(4)5)11(7-2)8-3;1-5-7-9(6-2)10-8(3)4/h10-12H,6-9H2,1-5H3;8-9H,5-7H2,1-4H3. The van der Waals surface area contributed by atoms with E-state index in [4.69, 9.17) is 9.47 Å². The minimum absolute atomic E-state index is 0.372. The molecule has 2 heteroatoms. The van der Waals surface area contributed by atoms with Crippen LogP contribution in [0.5, 0.6) is 0 Å². The lowest BCUT2D eigenvalue weighted by atomic mass is 9.93. The van der Waals surface area contributed by atoms with Gasteiger partial charge >= 0.3 is 0 Å². The van der Waals surface area contributed by atoms with Crippen molar-refractivity contribution < 1.29 is 9.47 Å². The van der Waals surface area contributed by atoms with E-state index in [1.807, 2.05) is 0 Å². The summed E-state index contributed by atoms with van der Waals surface area (Å²) in [7, 11) is 0. The van der Waals surface area contributed by atoms with Crippen LogP contribution in [0.25, 0.3) is 0 Å². The van der Waals surface area contributed by atoms with Crippen molar-refractivity contribution in [1.29, 1.82) is 0 Å². The predicted molar refractivity (Wildman–Crippen MR) is 104 cm³/mol. The fourth-order valence-corrected chi connectivity index (χ4v) is 2.94. The number of hydrogen-bond acceptors (Lipinski definition) is 2. The summed E-state index contributed by atoms with van der Waals surface area (Å²) in [5.74, 6) is 0.752. The van der Waals surface area contributed by atoms with Crippen LogP contribution in [0.2, 0.25) is 0 Å². The Morgan fingerprint density at radius 3 is 1.39 bits per heavy atom. The van der Waals surface area contributed by atoms with Crippen LogP contribution in [-0.2, 0) is 9.47 Å². The van der Waals surface area contributed by atoms with Gasteiger partial charge in [0.1, 0.15) is 0 Å². The summed E-state index contributed by atoms with van der Waals surface area (Å²) < 4.78 is 11.6. The zero-order valence-electron chi connectivity index (χ0n) is 17.7. The molecule has 0 saturated carbocycles. The average Bonchev–Trinajstić information content (AvgIpc) is 2.48. The van der Waals surface area contributed by atoms with Crippen molar-refractivity contribution >= 4 is 0 Å². The first kappa shape index (κ1) is 25.2. The smallest absolute Gasteiger partial charge is 0.0606 e. The summed E-state index contributed by atoms with van der Waals surface area (Å²) >= 11 is 0. The van der Waals surface area contributed by atoms with Crippen LogP contribution in [0.3, 0.4) is 0 Å². The Balaban J connectivity index is 0. The van der Waals surface area contributed by atoms with E-state index in [9.17, 15) is 0 Å². The maximum absolute atomic E-state index is 5.93. The molecule has 0 aliphatic heterocycles. The largest absolute Gasteiger partial charge is 0.376 e. The van der Waals surface area contributed by atoms with E-state index in [-0.39, 0.29) is 0 Å². The quantitative estimate of drug-likeness (QED) is 0.383. The topological polar surface area (TPSA) is 18.5 Å². The van der Waals surface area contributed by atoms with Gasteiger partial charge in [-0.1, -0.05) is 60.3 Å². The summed E-state index contributed by atoms with van der Waals surface area (Å²) in [6.45, 7) is 19.6. The minimum Gasteiger partial charge on any atom is -0.376 e. The van der Waals surface area contributed by atoms with Crippen molar-refractivity contribution in [3.8, 4) is 0 Å². The minimum atomic E-state index is 0.372. The lowest BCUT2D eigenvalue weighted by Gasteiger charge is -2.27. The molecule has 0 fully saturated rings. The molecule has 0 aliphatic rings. The second kappa shape index (κ2) is 16.8. The van der Waals surface area contributed by atoms with E-state index in [1.165, 1.54) is 38.5 Å². The SMILES string of the molecule is CCCC(CC)OC(C)C.CCCC(OC(C)C)C(CC)CC. The summed E-state index contributed by atoms with van der Waals surface area (Å²) in [5, 5.41) is 0. The third kappa shape index (κ3) is 15.2. The number of hydrogen-bond donors (Lipinski definition) is 0. The van der Waals surface area contributed by atoms with E-state index in [0.717, 1.165) is 12.3 Å². The molecule has 2 atom stereocenters. The molecule has 0 bridgehead atoms. The van der Waals surface area contributed by atoms with Gasteiger partial charge < -0.3 is 9.47 Å². The molecule has 0 saturated heterocycles. The van der Waals surface area contributed by atoms with Gasteiger partial charge in [-0.05, 0) is 52.9 Å². The fourth-order valence-electron chi connectivity index (χ4n) is 2.94. The Morgan fingerprint density at radius 1 is 0.609 bits per heavy atom. The molecule has 0 spiro atoms. The zero-order chi connectivity index (χ0) is 18.3. The third-order valence-corrected chi connectivity index (χ3v) is 4.13. The highest BCUT2D eigenvalue weighted by molar-refractivity contribution is 4.68. The first-order chi connectivity index (χ1) is 10.9. The molecule has 2 nitrogen and oxygen atoms in total. The normalized spacial score (nSPS) is 14.1. The summed E-state index contributed by atoms with van der Waals surface area (Å²) in [5.41, 5.74) is 0. The Bertz CT molecular complexity index is 222. The maximum Gasteiger partial charge on any atom is 0.0606 e. The Hall–Kier alpha value is -0.0800. The lowest BCUT2D eigenvalue weighted by Crippen LogP contribution is -2.26. The molecule has 23 heavy (non-hydrogen) atoms. The molecule has 0 amide bonds. The van der Waals surface area contributed by atoms with Gasteiger partial charge in [0.25, 0.3) is 0 Å². The van der Waals surface area contributed by atoms with Gasteiger partial charge in [0.2, 0.25) is 0 Å². The summed E-state index contributed by atoms with van der Waals surface area (Å²) in [6.07, 6.45) is 10.2. The molecule has 2 unspecified atom stereocenters. The van der Waals surface area contributed by atoms with Crippen LogP contribution in [0.1, 0.15) is 107 Å². The highest BCUT2D eigenvalue weighted by Gasteiger charge is 2.19. The average molecular weight is 331 g/mol. The van der Waals surface area contributed by atoms with Gasteiger partial charge in [0.05, 0.1) is 24.4 Å². The molecule has 0 aromatic rings. The Labute approximate surface area is 147 Å². The molecule has 0 radical (unpaired) electrons. The summed E-state index contributed by atoms with van der Waals surface area (Å²) in [6, 6.07) is 0. The van der Waals surface area contributed by atoms with Crippen LogP contribution < -0.4 is 0 Å². The molecule has 0 heterocycles. The second-order valence-electron chi connectivity index (χ2n) is 7.09. The van der Waals surface area contributed by atoms with Crippen LogP contribution in [0.15, 0.2) is 0 Å². The van der Waals surface area contributed by atoms with Gasteiger partial charge in [-0.15, -0.1) is 0 Å². The van der Waals surface area contributed by atoms with Gasteiger partial charge in [0, 0.05) is 0 Å². The number of ether oxygens (including phenoxy) is 2. The van der Waals surface area contributed by atoms with Crippen LogP contribution in [-0.4, -0.2) is 24.4 Å². The summed E-state index contributed by atoms with van der Waals surface area (Å²) in [4.78, 5) is 0. The monoisotopic (exact) mass is 330 g/mol. The predicted octanol–water partition coefficient (Wildman–Crippen LogP) is 7.01. The Morgan fingerprint density at radius 2 is 1.09 bits per heavy atom. The van der Waals surface area contributed by atoms with Gasteiger partial charge in [-0.2, -0.15) is 0 Å². The fraction of sp³-hybridized carbons (Fsp3) is 1.00. The van der Waals surface area contributed by atoms with Crippen molar-refractivity contribution in [2.24, 2.45) is 5.92 Å². The maximum atomic E-state index is 5.93. The highest BCUT2D eigenvalue weighted by atomic mass is 16.5. The van der Waals surface area contributed by atoms with Crippen molar-refractivity contribution in [2.75, 3.05) is 0 Å². The van der Waals surface area contributed by atoms with Crippen molar-refractivity contribution in [1.82, 2.24) is 0 Å². The molecule has 0 N–H and O–H groups in total. The third-order valence-electron chi connectivity index (χ3n) is 4.13. The van der Waals surface area contributed by atoms with E-state index < -0.39 is 0 Å². The van der Waals surface area contributed by atoms with Gasteiger partial charge in [-0.3, -0.25) is 0 Å². The second-order valence-corrected chi connectivity index (χ2v) is 7.09. The van der Waals surface area contributed by atoms with E-state index in [0.29, 0.717) is 24.4 Å². The molecule has 0 rings (SSSR count). The van der Waals surface area contributed by atoms with E-state index in [2.05, 4.69) is 62.3 Å². The molecule has 0 aromatic carbocycles. The van der Waals surface area contributed by atoms with Gasteiger partial charge in [0.15, 0.2) is 0 Å². The van der Waals surface area contributed by atoms with Crippen LogP contribution >= 0.6 is 0 Å². The van der Waals surface area contributed by atoms with Crippen molar-refractivity contribution in [3.63, 3.8) is 0 Å².